The minimum Gasteiger partial charge on any atom is -0.392 e. The first-order valence-corrected chi connectivity index (χ1v) is 10.5. The molecule has 0 spiro atoms. The van der Waals surface area contributed by atoms with E-state index in [2.05, 4.69) is 16.3 Å². The number of β-amino-alcohol motifs (C(OH)–C–C–N with tert-alkyl or cyclic N) is 1. The van der Waals surface area contributed by atoms with Gasteiger partial charge < -0.3 is 20.1 Å². The maximum atomic E-state index is 12.7. The van der Waals surface area contributed by atoms with Crippen LogP contribution in [0.3, 0.4) is 0 Å². The van der Waals surface area contributed by atoms with E-state index in [9.17, 15) is 14.7 Å². The number of carbonyl (C=O) groups excluding carboxylic acids is 2. The van der Waals surface area contributed by atoms with Crippen molar-refractivity contribution in [1.82, 2.24) is 15.1 Å². The highest BCUT2D eigenvalue weighted by Gasteiger charge is 2.40. The Morgan fingerprint density at radius 3 is 2.72 bits per heavy atom. The Balaban J connectivity index is 1.52. The van der Waals surface area contributed by atoms with Gasteiger partial charge in [0.05, 0.1) is 25.2 Å². The van der Waals surface area contributed by atoms with E-state index in [-0.39, 0.29) is 23.9 Å². The highest BCUT2D eigenvalue weighted by Crippen LogP contribution is 2.27. The van der Waals surface area contributed by atoms with Gasteiger partial charge in [0.15, 0.2) is 0 Å². The zero-order valence-electron chi connectivity index (χ0n) is 17.5. The monoisotopic (exact) mass is 403 g/mol. The summed E-state index contributed by atoms with van der Waals surface area (Å²) in [6.45, 7) is 4.89. The maximum absolute atomic E-state index is 12.7. The molecule has 2 amide bonds. The number of carbonyl (C=O) groups is 2. The Morgan fingerprint density at radius 2 is 2.03 bits per heavy atom. The SMILES string of the molecule is COCCNC(=O)[C@@H]1C[C@@H](O)CN1C1CCN(C(=O)Cc2cccc(C)c2)CC1. The van der Waals surface area contributed by atoms with E-state index in [1.165, 1.54) is 0 Å². The minimum atomic E-state index is -0.478. The highest BCUT2D eigenvalue weighted by molar-refractivity contribution is 5.82. The molecule has 2 fully saturated rings. The van der Waals surface area contributed by atoms with Crippen LogP contribution >= 0.6 is 0 Å². The molecule has 2 atom stereocenters. The summed E-state index contributed by atoms with van der Waals surface area (Å²) in [5.41, 5.74) is 2.21. The molecule has 29 heavy (non-hydrogen) atoms. The lowest BCUT2D eigenvalue weighted by molar-refractivity contribution is -0.133. The van der Waals surface area contributed by atoms with E-state index in [1.807, 2.05) is 30.0 Å². The van der Waals surface area contributed by atoms with Gasteiger partial charge in [-0.2, -0.15) is 0 Å². The number of aryl methyl sites for hydroxylation is 1. The molecular formula is C22H33N3O4. The van der Waals surface area contributed by atoms with Crippen LogP contribution in [0.4, 0.5) is 0 Å². The lowest BCUT2D eigenvalue weighted by Gasteiger charge is -2.39. The lowest BCUT2D eigenvalue weighted by atomic mass is 10.0. The molecule has 0 aromatic heterocycles. The summed E-state index contributed by atoms with van der Waals surface area (Å²) >= 11 is 0. The van der Waals surface area contributed by atoms with E-state index >= 15 is 0 Å². The fourth-order valence-corrected chi connectivity index (χ4v) is 4.45. The largest absolute Gasteiger partial charge is 0.392 e. The molecule has 0 aliphatic carbocycles. The molecule has 0 unspecified atom stereocenters. The van der Waals surface area contributed by atoms with Crippen LogP contribution in [0.1, 0.15) is 30.4 Å². The van der Waals surface area contributed by atoms with Crippen LogP contribution < -0.4 is 5.32 Å². The molecule has 1 aromatic carbocycles. The second kappa shape index (κ2) is 10.2. The first-order valence-electron chi connectivity index (χ1n) is 10.5. The quantitative estimate of drug-likeness (QED) is 0.656. The molecule has 2 aliphatic heterocycles. The lowest BCUT2D eigenvalue weighted by Crippen LogP contribution is -2.52. The van der Waals surface area contributed by atoms with Gasteiger partial charge in [-0.15, -0.1) is 0 Å². The van der Waals surface area contributed by atoms with Crippen molar-refractivity contribution < 1.29 is 19.4 Å². The maximum Gasteiger partial charge on any atom is 0.237 e. The van der Waals surface area contributed by atoms with Crippen LogP contribution in [-0.2, 0) is 20.7 Å². The molecule has 1 aromatic rings. The first-order chi connectivity index (χ1) is 14.0. The van der Waals surface area contributed by atoms with E-state index < -0.39 is 6.10 Å². The molecule has 160 valence electrons. The van der Waals surface area contributed by atoms with Gasteiger partial charge in [-0.1, -0.05) is 29.8 Å². The molecule has 2 N–H and O–H groups in total. The summed E-state index contributed by atoms with van der Waals surface area (Å²) in [4.78, 5) is 29.3. The Morgan fingerprint density at radius 1 is 1.28 bits per heavy atom. The van der Waals surface area contributed by atoms with Gasteiger partial charge >= 0.3 is 0 Å². The van der Waals surface area contributed by atoms with Gasteiger partial charge in [0, 0.05) is 39.3 Å². The average molecular weight is 404 g/mol. The zero-order chi connectivity index (χ0) is 20.8. The molecule has 2 saturated heterocycles. The van der Waals surface area contributed by atoms with Crippen molar-refractivity contribution in [3.8, 4) is 0 Å². The number of amides is 2. The summed E-state index contributed by atoms with van der Waals surface area (Å²) in [6.07, 6.45) is 2.07. The summed E-state index contributed by atoms with van der Waals surface area (Å²) in [5.74, 6) is 0.112. The first kappa shape index (κ1) is 21.7. The Hall–Kier alpha value is -1.96. The number of aliphatic hydroxyl groups excluding tert-OH is 1. The normalized spacial score (nSPS) is 23.3. The number of nitrogens with zero attached hydrogens (tertiary/aromatic N) is 2. The molecule has 2 aliphatic rings. The van der Waals surface area contributed by atoms with Crippen molar-refractivity contribution in [3.63, 3.8) is 0 Å². The average Bonchev–Trinajstić information content (AvgIpc) is 3.10. The smallest absolute Gasteiger partial charge is 0.237 e. The van der Waals surface area contributed by atoms with Crippen LogP contribution in [0.25, 0.3) is 0 Å². The molecule has 0 bridgehead atoms. The zero-order valence-corrected chi connectivity index (χ0v) is 17.5. The van der Waals surface area contributed by atoms with Crippen LogP contribution in [0.15, 0.2) is 24.3 Å². The number of ether oxygens (including phenoxy) is 1. The number of hydrogen-bond acceptors (Lipinski definition) is 5. The van der Waals surface area contributed by atoms with Crippen molar-refractivity contribution in [2.24, 2.45) is 0 Å². The van der Waals surface area contributed by atoms with E-state index in [4.69, 9.17) is 4.74 Å². The Kier molecular flexibility index (Phi) is 7.64. The van der Waals surface area contributed by atoms with Crippen molar-refractivity contribution >= 4 is 11.8 Å². The molecule has 7 heteroatoms. The fourth-order valence-electron chi connectivity index (χ4n) is 4.45. The Labute approximate surface area is 173 Å². The number of hydrogen-bond donors (Lipinski definition) is 2. The van der Waals surface area contributed by atoms with Gasteiger partial charge in [0.25, 0.3) is 0 Å². The van der Waals surface area contributed by atoms with E-state index in [0.29, 0.717) is 45.6 Å². The van der Waals surface area contributed by atoms with Gasteiger partial charge in [-0.05, 0) is 31.7 Å². The van der Waals surface area contributed by atoms with Gasteiger partial charge in [-0.25, -0.2) is 0 Å². The predicted octanol–water partition coefficient (Wildman–Crippen LogP) is 0.726. The standard InChI is InChI=1S/C22H33N3O4/c1-16-4-3-5-17(12-16)13-21(27)24-9-6-18(7-10-24)25-15-19(26)14-20(25)22(28)23-8-11-29-2/h3-5,12,18-20,26H,6-11,13-15H2,1-2H3,(H,23,28)/t19-,20+/m1/s1. The third-order valence-corrected chi connectivity index (χ3v) is 5.95. The third-order valence-electron chi connectivity index (χ3n) is 5.95. The number of likely N-dealkylation sites (tertiary alicyclic amines) is 2. The van der Waals surface area contributed by atoms with Crippen molar-refractivity contribution in [2.45, 2.75) is 50.8 Å². The number of aliphatic hydroxyl groups is 1. The van der Waals surface area contributed by atoms with Crippen LogP contribution in [0.5, 0.6) is 0 Å². The highest BCUT2D eigenvalue weighted by atomic mass is 16.5. The fraction of sp³-hybridized carbons (Fsp3) is 0.636. The number of benzene rings is 1. The second-order valence-electron chi connectivity index (χ2n) is 8.16. The molecule has 7 nitrogen and oxygen atoms in total. The minimum absolute atomic E-state index is 0.0449. The van der Waals surface area contributed by atoms with Gasteiger partial charge in [-0.3, -0.25) is 14.5 Å². The van der Waals surface area contributed by atoms with Crippen LogP contribution in [0, 0.1) is 6.92 Å². The number of rotatable bonds is 7. The third kappa shape index (κ3) is 5.78. The number of piperidine rings is 1. The predicted molar refractivity (Wildman–Crippen MR) is 110 cm³/mol. The summed E-state index contributed by atoms with van der Waals surface area (Å²) in [5, 5.41) is 13.0. The summed E-state index contributed by atoms with van der Waals surface area (Å²) in [6, 6.07) is 7.99. The van der Waals surface area contributed by atoms with Crippen molar-refractivity contribution in [2.75, 3.05) is 39.9 Å². The number of nitrogens with one attached hydrogen (secondary N) is 1. The molecule has 0 radical (unpaired) electrons. The summed E-state index contributed by atoms with van der Waals surface area (Å²) < 4.78 is 4.99. The van der Waals surface area contributed by atoms with E-state index in [1.54, 1.807) is 7.11 Å². The molecule has 3 rings (SSSR count). The Bertz CT molecular complexity index is 703. The van der Waals surface area contributed by atoms with Gasteiger partial charge in [0.1, 0.15) is 0 Å². The number of methoxy groups -OCH3 is 1. The van der Waals surface area contributed by atoms with E-state index in [0.717, 1.165) is 24.0 Å². The second-order valence-corrected chi connectivity index (χ2v) is 8.16. The molecular weight excluding hydrogens is 370 g/mol. The van der Waals surface area contributed by atoms with Crippen LogP contribution in [0.2, 0.25) is 0 Å². The molecule has 0 saturated carbocycles. The van der Waals surface area contributed by atoms with Crippen molar-refractivity contribution in [3.05, 3.63) is 35.4 Å². The molecule has 2 heterocycles. The topological polar surface area (TPSA) is 82.1 Å². The summed E-state index contributed by atoms with van der Waals surface area (Å²) in [7, 11) is 1.60. The van der Waals surface area contributed by atoms with Crippen LogP contribution in [-0.4, -0.2) is 84.8 Å². The van der Waals surface area contributed by atoms with Crippen molar-refractivity contribution in [1.29, 1.82) is 0 Å². The van der Waals surface area contributed by atoms with Gasteiger partial charge in [0.2, 0.25) is 11.8 Å².